The van der Waals surface area contributed by atoms with Crippen molar-refractivity contribution in [3.8, 4) is 0 Å². The van der Waals surface area contributed by atoms with Crippen molar-refractivity contribution in [3.63, 3.8) is 0 Å². The number of rotatable bonds is 9. The van der Waals surface area contributed by atoms with Crippen LogP contribution in [0.15, 0.2) is 0 Å². The van der Waals surface area contributed by atoms with Crippen LogP contribution in [0.1, 0.15) is 46.5 Å². The molecular weight excluding hydrogens is 238 g/mol. The van der Waals surface area contributed by atoms with E-state index in [0.29, 0.717) is 18.4 Å². The second-order valence-electron chi connectivity index (χ2n) is 6.13. The quantitative estimate of drug-likeness (QED) is 0.625. The van der Waals surface area contributed by atoms with Crippen LogP contribution in [0, 0.1) is 5.92 Å². The molecule has 1 rings (SSSR count). The van der Waals surface area contributed by atoms with E-state index in [0.717, 1.165) is 26.1 Å². The zero-order valence-electron chi connectivity index (χ0n) is 12.9. The summed E-state index contributed by atoms with van der Waals surface area (Å²) in [6, 6.07) is 0.503. The van der Waals surface area contributed by atoms with Gasteiger partial charge in [-0.05, 0) is 44.8 Å². The Balaban J connectivity index is 1.99. The summed E-state index contributed by atoms with van der Waals surface area (Å²) in [6.45, 7) is 11.8. The summed E-state index contributed by atoms with van der Waals surface area (Å²) in [6.07, 6.45) is 4.23. The first-order valence-electron chi connectivity index (χ1n) is 7.80. The van der Waals surface area contributed by atoms with Gasteiger partial charge in [-0.3, -0.25) is 4.79 Å². The average molecular weight is 269 g/mol. The van der Waals surface area contributed by atoms with Gasteiger partial charge >= 0.3 is 0 Å². The molecule has 1 atom stereocenters. The third-order valence-electron chi connectivity index (χ3n) is 3.55. The second kappa shape index (κ2) is 9.32. The summed E-state index contributed by atoms with van der Waals surface area (Å²) < 4.78 is 0. The average Bonchev–Trinajstić information content (AvgIpc) is 2.84. The summed E-state index contributed by atoms with van der Waals surface area (Å²) in [5, 5.41) is 6.38. The predicted octanol–water partition coefficient (Wildman–Crippen LogP) is 1.61. The van der Waals surface area contributed by atoms with Crippen molar-refractivity contribution in [2.45, 2.75) is 52.5 Å². The Hall–Kier alpha value is -0.610. The monoisotopic (exact) mass is 269 g/mol. The molecule has 0 saturated carbocycles. The summed E-state index contributed by atoms with van der Waals surface area (Å²) in [4.78, 5) is 14.2. The van der Waals surface area contributed by atoms with Gasteiger partial charge in [-0.15, -0.1) is 0 Å². The fourth-order valence-corrected chi connectivity index (χ4v) is 2.49. The van der Waals surface area contributed by atoms with Gasteiger partial charge in [0, 0.05) is 25.6 Å². The van der Waals surface area contributed by atoms with Gasteiger partial charge in [-0.1, -0.05) is 20.8 Å². The molecule has 1 aliphatic heterocycles. The molecule has 4 nitrogen and oxygen atoms in total. The molecule has 0 bridgehead atoms. The van der Waals surface area contributed by atoms with Gasteiger partial charge in [-0.25, -0.2) is 0 Å². The van der Waals surface area contributed by atoms with E-state index in [2.05, 4.69) is 36.3 Å². The molecule has 112 valence electrons. The van der Waals surface area contributed by atoms with Crippen molar-refractivity contribution in [2.24, 2.45) is 5.92 Å². The molecule has 1 unspecified atom stereocenters. The Morgan fingerprint density at radius 3 is 2.53 bits per heavy atom. The van der Waals surface area contributed by atoms with Gasteiger partial charge in [-0.2, -0.15) is 0 Å². The van der Waals surface area contributed by atoms with Crippen molar-refractivity contribution in [2.75, 3.05) is 32.7 Å². The zero-order chi connectivity index (χ0) is 14.1. The number of nitrogens with zero attached hydrogens (tertiary/aromatic N) is 1. The van der Waals surface area contributed by atoms with E-state index in [1.165, 1.54) is 25.9 Å². The molecule has 1 saturated heterocycles. The number of hydrogen-bond donors (Lipinski definition) is 2. The van der Waals surface area contributed by atoms with Gasteiger partial charge in [0.25, 0.3) is 0 Å². The molecule has 0 spiro atoms. The van der Waals surface area contributed by atoms with Crippen LogP contribution in [-0.4, -0.2) is 49.6 Å². The number of carbonyl (C=O) groups is 1. The number of amides is 1. The van der Waals surface area contributed by atoms with Gasteiger partial charge in [0.15, 0.2) is 0 Å². The van der Waals surface area contributed by atoms with E-state index in [4.69, 9.17) is 0 Å². The van der Waals surface area contributed by atoms with Crippen LogP contribution in [0.4, 0.5) is 0 Å². The number of carbonyl (C=O) groups excluding carboxylic acids is 1. The molecule has 0 aromatic rings. The fraction of sp³-hybridized carbons (Fsp3) is 0.933. The first-order chi connectivity index (χ1) is 9.08. The highest BCUT2D eigenvalue weighted by molar-refractivity contribution is 5.75. The molecule has 1 aliphatic rings. The maximum absolute atomic E-state index is 11.7. The molecule has 4 heteroatoms. The Morgan fingerprint density at radius 2 is 1.89 bits per heavy atom. The third-order valence-corrected chi connectivity index (χ3v) is 3.55. The first-order valence-corrected chi connectivity index (χ1v) is 7.80. The lowest BCUT2D eigenvalue weighted by Crippen LogP contribution is -2.34. The number of hydrogen-bond acceptors (Lipinski definition) is 3. The normalized spacial score (nSPS) is 17.9. The highest BCUT2D eigenvalue weighted by atomic mass is 16.1. The largest absolute Gasteiger partial charge is 0.356 e. The van der Waals surface area contributed by atoms with Crippen LogP contribution in [0.2, 0.25) is 0 Å². The topological polar surface area (TPSA) is 44.4 Å². The molecule has 0 aromatic carbocycles. The van der Waals surface area contributed by atoms with Crippen LogP contribution in [0.25, 0.3) is 0 Å². The summed E-state index contributed by atoms with van der Waals surface area (Å²) in [5.41, 5.74) is 0. The van der Waals surface area contributed by atoms with Crippen molar-refractivity contribution in [3.05, 3.63) is 0 Å². The minimum atomic E-state index is 0.193. The maximum Gasteiger partial charge on any atom is 0.220 e. The van der Waals surface area contributed by atoms with Crippen molar-refractivity contribution in [1.82, 2.24) is 15.5 Å². The van der Waals surface area contributed by atoms with Crippen molar-refractivity contribution >= 4 is 5.91 Å². The maximum atomic E-state index is 11.7. The Kier molecular flexibility index (Phi) is 8.07. The molecule has 0 aromatic heterocycles. The van der Waals surface area contributed by atoms with Crippen LogP contribution >= 0.6 is 0 Å². The summed E-state index contributed by atoms with van der Waals surface area (Å²) in [7, 11) is 0. The molecule has 1 fully saturated rings. The SMILES string of the molecule is CC(CNC(=O)CCCNC(C)C)CN1CCCC1. The lowest BCUT2D eigenvalue weighted by molar-refractivity contribution is -0.121. The molecule has 0 radical (unpaired) electrons. The second-order valence-corrected chi connectivity index (χ2v) is 6.13. The van der Waals surface area contributed by atoms with E-state index in [1.807, 2.05) is 0 Å². The summed E-state index contributed by atoms with van der Waals surface area (Å²) >= 11 is 0. The van der Waals surface area contributed by atoms with Crippen LogP contribution in [0.3, 0.4) is 0 Å². The predicted molar refractivity (Wildman–Crippen MR) is 80.2 cm³/mol. The molecule has 19 heavy (non-hydrogen) atoms. The standard InChI is InChI=1S/C15H31N3O/c1-13(2)16-8-6-7-15(19)17-11-14(3)12-18-9-4-5-10-18/h13-14,16H,4-12H2,1-3H3,(H,17,19). The molecule has 1 amide bonds. The lowest BCUT2D eigenvalue weighted by atomic mass is 10.1. The lowest BCUT2D eigenvalue weighted by Gasteiger charge is -2.20. The Labute approximate surface area is 118 Å². The number of likely N-dealkylation sites (tertiary alicyclic amines) is 1. The zero-order valence-corrected chi connectivity index (χ0v) is 12.9. The minimum Gasteiger partial charge on any atom is -0.356 e. The highest BCUT2D eigenvalue weighted by Crippen LogP contribution is 2.09. The van der Waals surface area contributed by atoms with Gasteiger partial charge in [0.05, 0.1) is 0 Å². The van der Waals surface area contributed by atoms with Gasteiger partial charge in [0.2, 0.25) is 5.91 Å². The highest BCUT2D eigenvalue weighted by Gasteiger charge is 2.14. The third kappa shape index (κ3) is 8.22. The molecule has 2 N–H and O–H groups in total. The van der Waals surface area contributed by atoms with Crippen LogP contribution in [0.5, 0.6) is 0 Å². The molecule has 0 aliphatic carbocycles. The first kappa shape index (κ1) is 16.4. The van der Waals surface area contributed by atoms with Gasteiger partial charge in [0.1, 0.15) is 0 Å². The summed E-state index contributed by atoms with van der Waals surface area (Å²) in [5.74, 6) is 0.745. The Morgan fingerprint density at radius 1 is 1.21 bits per heavy atom. The van der Waals surface area contributed by atoms with Crippen LogP contribution < -0.4 is 10.6 Å². The van der Waals surface area contributed by atoms with E-state index < -0.39 is 0 Å². The van der Waals surface area contributed by atoms with E-state index >= 15 is 0 Å². The van der Waals surface area contributed by atoms with E-state index in [1.54, 1.807) is 0 Å². The Bertz CT molecular complexity index is 250. The minimum absolute atomic E-state index is 0.193. The van der Waals surface area contributed by atoms with Crippen molar-refractivity contribution < 1.29 is 4.79 Å². The fourth-order valence-electron chi connectivity index (χ4n) is 2.49. The van der Waals surface area contributed by atoms with E-state index in [-0.39, 0.29) is 5.91 Å². The number of nitrogens with one attached hydrogen (secondary N) is 2. The smallest absolute Gasteiger partial charge is 0.220 e. The van der Waals surface area contributed by atoms with Crippen molar-refractivity contribution in [1.29, 1.82) is 0 Å². The van der Waals surface area contributed by atoms with E-state index in [9.17, 15) is 4.79 Å². The van der Waals surface area contributed by atoms with Gasteiger partial charge < -0.3 is 15.5 Å². The molecule has 1 heterocycles. The molecular formula is C15H31N3O. The van der Waals surface area contributed by atoms with Crippen LogP contribution in [-0.2, 0) is 4.79 Å².